The fourth-order valence-electron chi connectivity index (χ4n) is 1.99. The topological polar surface area (TPSA) is 94.1 Å². The minimum Gasteiger partial charge on any atom is -0.373 e. The van der Waals surface area contributed by atoms with E-state index in [2.05, 4.69) is 10.3 Å². The first-order valence-electron chi connectivity index (χ1n) is 5.63. The summed E-state index contributed by atoms with van der Waals surface area (Å²) >= 11 is 0. The van der Waals surface area contributed by atoms with Crippen LogP contribution in [0.5, 0.6) is 0 Å². The van der Waals surface area contributed by atoms with Crippen molar-refractivity contribution in [1.82, 2.24) is 4.98 Å². The molecule has 0 aliphatic heterocycles. The number of pyridine rings is 1. The number of nitrogens with two attached hydrogens (primary N) is 1. The molecule has 0 radical (unpaired) electrons. The van der Waals surface area contributed by atoms with Crippen LogP contribution in [-0.4, -0.2) is 22.0 Å². The SMILES string of the molecule is CC(CN)(Nc1ccncc1[N+](=O)[O-])C1CC1. The molecule has 17 heavy (non-hydrogen) atoms. The van der Waals surface area contributed by atoms with Crippen molar-refractivity contribution < 1.29 is 4.92 Å². The summed E-state index contributed by atoms with van der Waals surface area (Å²) in [6.07, 6.45) is 5.05. The Labute approximate surface area is 99.4 Å². The minimum atomic E-state index is -0.431. The second-order valence-corrected chi connectivity index (χ2v) is 4.67. The van der Waals surface area contributed by atoms with Crippen molar-refractivity contribution in [2.24, 2.45) is 11.7 Å². The molecule has 1 fully saturated rings. The molecule has 1 aliphatic rings. The van der Waals surface area contributed by atoms with Crippen molar-refractivity contribution in [3.63, 3.8) is 0 Å². The number of nitro groups is 1. The summed E-state index contributed by atoms with van der Waals surface area (Å²) in [6, 6.07) is 1.62. The molecule has 0 spiro atoms. The molecule has 6 nitrogen and oxygen atoms in total. The molecule has 6 heteroatoms. The Balaban J connectivity index is 2.25. The second kappa shape index (κ2) is 4.29. The summed E-state index contributed by atoms with van der Waals surface area (Å²) in [5.41, 5.74) is 5.99. The molecule has 3 N–H and O–H groups in total. The number of aromatic nitrogens is 1. The Morgan fingerprint density at radius 3 is 2.94 bits per heavy atom. The van der Waals surface area contributed by atoms with Crippen LogP contribution in [0.25, 0.3) is 0 Å². The van der Waals surface area contributed by atoms with E-state index in [1.807, 2.05) is 6.92 Å². The number of anilines is 1. The van der Waals surface area contributed by atoms with Gasteiger partial charge in [0, 0.05) is 18.3 Å². The van der Waals surface area contributed by atoms with Crippen LogP contribution in [0.4, 0.5) is 11.4 Å². The summed E-state index contributed by atoms with van der Waals surface area (Å²) < 4.78 is 0. The first kappa shape index (κ1) is 11.8. The van der Waals surface area contributed by atoms with Crippen LogP contribution in [0.3, 0.4) is 0 Å². The first-order chi connectivity index (χ1) is 8.07. The van der Waals surface area contributed by atoms with Gasteiger partial charge in [0.25, 0.3) is 0 Å². The quantitative estimate of drug-likeness (QED) is 0.597. The maximum Gasteiger partial charge on any atom is 0.310 e. The highest BCUT2D eigenvalue weighted by molar-refractivity contribution is 5.61. The van der Waals surface area contributed by atoms with Gasteiger partial charge in [0.1, 0.15) is 11.9 Å². The van der Waals surface area contributed by atoms with Gasteiger partial charge >= 0.3 is 5.69 Å². The van der Waals surface area contributed by atoms with Gasteiger partial charge in [0.05, 0.1) is 4.92 Å². The molecule has 1 aromatic heterocycles. The van der Waals surface area contributed by atoms with E-state index in [-0.39, 0.29) is 11.2 Å². The zero-order valence-corrected chi connectivity index (χ0v) is 9.72. The summed E-state index contributed by atoms with van der Waals surface area (Å²) in [4.78, 5) is 14.2. The van der Waals surface area contributed by atoms with Crippen LogP contribution in [0.15, 0.2) is 18.5 Å². The zero-order chi connectivity index (χ0) is 12.5. The maximum atomic E-state index is 10.9. The number of hydrogen-bond donors (Lipinski definition) is 2. The van der Waals surface area contributed by atoms with Crippen molar-refractivity contribution in [3.05, 3.63) is 28.6 Å². The predicted molar refractivity (Wildman–Crippen MR) is 64.7 cm³/mol. The minimum absolute atomic E-state index is 0.00664. The van der Waals surface area contributed by atoms with E-state index in [0.717, 1.165) is 12.8 Å². The van der Waals surface area contributed by atoms with E-state index < -0.39 is 4.92 Å². The molecule has 2 rings (SSSR count). The highest BCUT2D eigenvalue weighted by Gasteiger charge is 2.41. The van der Waals surface area contributed by atoms with E-state index in [1.54, 1.807) is 12.3 Å². The average Bonchev–Trinajstić information content (AvgIpc) is 3.13. The number of hydrogen-bond acceptors (Lipinski definition) is 5. The summed E-state index contributed by atoms with van der Waals surface area (Å²) in [5.74, 6) is 0.500. The van der Waals surface area contributed by atoms with Gasteiger partial charge in [-0.1, -0.05) is 0 Å². The monoisotopic (exact) mass is 236 g/mol. The van der Waals surface area contributed by atoms with E-state index >= 15 is 0 Å². The summed E-state index contributed by atoms with van der Waals surface area (Å²) in [7, 11) is 0. The predicted octanol–water partition coefficient (Wildman–Crippen LogP) is 1.53. The summed E-state index contributed by atoms with van der Waals surface area (Å²) in [6.45, 7) is 2.46. The highest BCUT2D eigenvalue weighted by atomic mass is 16.6. The fourth-order valence-corrected chi connectivity index (χ4v) is 1.99. The van der Waals surface area contributed by atoms with Crippen LogP contribution in [0, 0.1) is 16.0 Å². The molecule has 0 saturated heterocycles. The van der Waals surface area contributed by atoms with Crippen molar-refractivity contribution in [3.8, 4) is 0 Å². The molecule has 0 amide bonds. The molecule has 92 valence electrons. The van der Waals surface area contributed by atoms with Gasteiger partial charge in [-0.2, -0.15) is 0 Å². The van der Waals surface area contributed by atoms with E-state index in [0.29, 0.717) is 18.2 Å². The third-order valence-electron chi connectivity index (χ3n) is 3.32. The van der Waals surface area contributed by atoms with Crippen molar-refractivity contribution in [2.75, 3.05) is 11.9 Å². The van der Waals surface area contributed by atoms with Crippen LogP contribution in [0.1, 0.15) is 19.8 Å². The lowest BCUT2D eigenvalue weighted by Crippen LogP contribution is -2.44. The van der Waals surface area contributed by atoms with E-state index in [9.17, 15) is 10.1 Å². The van der Waals surface area contributed by atoms with Crippen LogP contribution in [-0.2, 0) is 0 Å². The van der Waals surface area contributed by atoms with Crippen LogP contribution in [0.2, 0.25) is 0 Å². The van der Waals surface area contributed by atoms with Crippen molar-refractivity contribution >= 4 is 11.4 Å². The van der Waals surface area contributed by atoms with Crippen LogP contribution < -0.4 is 11.1 Å². The molecule has 1 atom stereocenters. The number of nitrogens with zero attached hydrogens (tertiary/aromatic N) is 2. The Morgan fingerprint density at radius 1 is 1.71 bits per heavy atom. The lowest BCUT2D eigenvalue weighted by atomic mass is 9.95. The standard InChI is InChI=1S/C11H16N4O2/c1-11(7-12,8-2-3-8)14-9-4-5-13-6-10(9)15(16)17/h4-6,8H,2-3,7,12H2,1H3,(H,13,14). The second-order valence-electron chi connectivity index (χ2n) is 4.67. The van der Waals surface area contributed by atoms with Gasteiger partial charge in [-0.25, -0.2) is 0 Å². The molecular formula is C11H16N4O2. The Hall–Kier alpha value is -1.69. The van der Waals surface area contributed by atoms with E-state index in [4.69, 9.17) is 5.73 Å². The third-order valence-corrected chi connectivity index (χ3v) is 3.32. The highest BCUT2D eigenvalue weighted by Crippen LogP contribution is 2.41. The molecule has 0 aromatic carbocycles. The lowest BCUT2D eigenvalue weighted by Gasteiger charge is -2.30. The smallest absolute Gasteiger partial charge is 0.310 e. The third kappa shape index (κ3) is 2.36. The van der Waals surface area contributed by atoms with Gasteiger partial charge in [0.2, 0.25) is 0 Å². The Morgan fingerprint density at radius 2 is 2.41 bits per heavy atom. The Kier molecular flexibility index (Phi) is 2.97. The largest absolute Gasteiger partial charge is 0.373 e. The average molecular weight is 236 g/mol. The first-order valence-corrected chi connectivity index (χ1v) is 5.63. The summed E-state index contributed by atoms with van der Waals surface area (Å²) in [5, 5.41) is 14.1. The Bertz CT molecular complexity index is 433. The van der Waals surface area contributed by atoms with Gasteiger partial charge in [-0.3, -0.25) is 15.1 Å². The van der Waals surface area contributed by atoms with Crippen molar-refractivity contribution in [2.45, 2.75) is 25.3 Å². The molecule has 1 heterocycles. The maximum absolute atomic E-state index is 10.9. The van der Waals surface area contributed by atoms with E-state index in [1.165, 1.54) is 6.20 Å². The number of nitrogens with one attached hydrogen (secondary N) is 1. The zero-order valence-electron chi connectivity index (χ0n) is 9.72. The molecule has 1 aromatic rings. The van der Waals surface area contributed by atoms with Gasteiger partial charge in [-0.15, -0.1) is 0 Å². The van der Waals surface area contributed by atoms with Crippen molar-refractivity contribution in [1.29, 1.82) is 0 Å². The lowest BCUT2D eigenvalue weighted by molar-refractivity contribution is -0.384. The molecule has 0 bridgehead atoms. The van der Waals surface area contributed by atoms with Gasteiger partial charge < -0.3 is 11.1 Å². The van der Waals surface area contributed by atoms with Gasteiger partial charge in [0.15, 0.2) is 0 Å². The fraction of sp³-hybridized carbons (Fsp3) is 0.545. The van der Waals surface area contributed by atoms with Gasteiger partial charge in [-0.05, 0) is 31.7 Å². The molecule has 1 unspecified atom stereocenters. The number of rotatable bonds is 5. The molecular weight excluding hydrogens is 220 g/mol. The molecule has 1 saturated carbocycles. The normalized spacial score (nSPS) is 18.5. The molecule has 1 aliphatic carbocycles. The van der Waals surface area contributed by atoms with Crippen LogP contribution >= 0.6 is 0 Å².